The van der Waals surface area contributed by atoms with Crippen LogP contribution in [0.1, 0.15) is 18.1 Å². The maximum absolute atomic E-state index is 12.4. The van der Waals surface area contributed by atoms with E-state index < -0.39 is 10.0 Å². The van der Waals surface area contributed by atoms with E-state index in [1.54, 1.807) is 37.4 Å². The van der Waals surface area contributed by atoms with Gasteiger partial charge in [0.05, 0.1) is 12.0 Å². The van der Waals surface area contributed by atoms with Crippen LogP contribution >= 0.6 is 0 Å². The van der Waals surface area contributed by atoms with Gasteiger partial charge < -0.3 is 10.1 Å². The monoisotopic (exact) mass is 362 g/mol. The summed E-state index contributed by atoms with van der Waals surface area (Å²) >= 11 is 0. The average Bonchev–Trinajstić information content (AvgIpc) is 2.60. The molecule has 0 radical (unpaired) electrons. The molecule has 7 heteroatoms. The summed E-state index contributed by atoms with van der Waals surface area (Å²) in [5.74, 6) is 0.554. The van der Waals surface area contributed by atoms with Crippen LogP contribution in [0.5, 0.6) is 5.75 Å². The second-order valence-electron chi connectivity index (χ2n) is 5.51. The van der Waals surface area contributed by atoms with Crippen molar-refractivity contribution in [3.8, 4) is 5.75 Å². The maximum atomic E-state index is 12.4. The van der Waals surface area contributed by atoms with Gasteiger partial charge in [-0.2, -0.15) is 0 Å². The van der Waals surface area contributed by atoms with Crippen molar-refractivity contribution in [1.82, 2.24) is 10.0 Å². The first kappa shape index (κ1) is 19.0. The summed E-state index contributed by atoms with van der Waals surface area (Å²) in [5.41, 5.74) is 1.72. The standard InChI is InChI=1S/C18H22N2O4S/c1-14(21)19-12-11-15-7-9-17(10-8-15)25(22,23)20-13-16-5-3-4-6-18(16)24-2/h3-10,20H,11-13H2,1-2H3,(H,19,21). The molecule has 6 nitrogen and oxygen atoms in total. The van der Waals surface area contributed by atoms with Gasteiger partial charge in [0.25, 0.3) is 0 Å². The number of methoxy groups -OCH3 is 1. The fourth-order valence-electron chi connectivity index (χ4n) is 2.32. The second-order valence-corrected chi connectivity index (χ2v) is 7.28. The smallest absolute Gasteiger partial charge is 0.240 e. The molecule has 0 bridgehead atoms. The summed E-state index contributed by atoms with van der Waals surface area (Å²) in [6, 6.07) is 13.9. The number of rotatable bonds is 8. The van der Waals surface area contributed by atoms with Crippen molar-refractivity contribution in [1.29, 1.82) is 0 Å². The van der Waals surface area contributed by atoms with E-state index in [4.69, 9.17) is 4.74 Å². The van der Waals surface area contributed by atoms with Crippen LogP contribution in [0.25, 0.3) is 0 Å². The minimum absolute atomic E-state index is 0.0836. The third-order valence-corrected chi connectivity index (χ3v) is 5.08. The number of carbonyl (C=O) groups excluding carboxylic acids is 1. The second kappa shape index (κ2) is 8.64. The molecular formula is C18H22N2O4S. The summed E-state index contributed by atoms with van der Waals surface area (Å²) in [6.07, 6.45) is 0.647. The highest BCUT2D eigenvalue weighted by Crippen LogP contribution is 2.18. The Morgan fingerprint density at radius 3 is 2.40 bits per heavy atom. The van der Waals surface area contributed by atoms with Crippen LogP contribution in [-0.4, -0.2) is 28.0 Å². The SMILES string of the molecule is COc1ccccc1CNS(=O)(=O)c1ccc(CCNC(C)=O)cc1. The first-order chi connectivity index (χ1) is 11.9. The highest BCUT2D eigenvalue weighted by Gasteiger charge is 2.14. The van der Waals surface area contributed by atoms with Gasteiger partial charge in [-0.25, -0.2) is 13.1 Å². The Kier molecular flexibility index (Phi) is 6.55. The van der Waals surface area contributed by atoms with Gasteiger partial charge in [0, 0.05) is 25.6 Å². The number of amides is 1. The third kappa shape index (κ3) is 5.58. The Labute approximate surface area is 148 Å². The van der Waals surface area contributed by atoms with E-state index in [9.17, 15) is 13.2 Å². The van der Waals surface area contributed by atoms with Crippen LogP contribution < -0.4 is 14.8 Å². The van der Waals surface area contributed by atoms with E-state index in [-0.39, 0.29) is 17.3 Å². The predicted octanol–water partition coefficient (Wildman–Crippen LogP) is 1.85. The molecule has 0 aromatic heterocycles. The lowest BCUT2D eigenvalue weighted by molar-refractivity contribution is -0.118. The summed E-state index contributed by atoms with van der Waals surface area (Å²) in [6.45, 7) is 2.13. The molecule has 0 aliphatic carbocycles. The van der Waals surface area contributed by atoms with Gasteiger partial charge in [-0.1, -0.05) is 30.3 Å². The zero-order chi connectivity index (χ0) is 18.3. The van der Waals surface area contributed by atoms with E-state index in [2.05, 4.69) is 10.0 Å². The molecular weight excluding hydrogens is 340 g/mol. The van der Waals surface area contributed by atoms with Gasteiger partial charge in [-0.3, -0.25) is 4.79 Å². The van der Waals surface area contributed by atoms with E-state index in [1.807, 2.05) is 18.2 Å². The first-order valence-corrected chi connectivity index (χ1v) is 9.35. The van der Waals surface area contributed by atoms with Gasteiger partial charge >= 0.3 is 0 Å². The van der Waals surface area contributed by atoms with Crippen molar-refractivity contribution in [2.24, 2.45) is 0 Å². The molecule has 2 aromatic carbocycles. The number of ether oxygens (including phenoxy) is 1. The number of nitrogens with one attached hydrogen (secondary N) is 2. The van der Waals surface area contributed by atoms with Crippen molar-refractivity contribution in [3.05, 3.63) is 59.7 Å². The molecule has 0 atom stereocenters. The molecule has 0 saturated carbocycles. The van der Waals surface area contributed by atoms with Crippen molar-refractivity contribution >= 4 is 15.9 Å². The summed E-state index contributed by atoms with van der Waals surface area (Å²) in [7, 11) is -2.06. The van der Waals surface area contributed by atoms with Gasteiger partial charge in [0.2, 0.25) is 15.9 Å². The van der Waals surface area contributed by atoms with E-state index in [0.717, 1.165) is 11.1 Å². The lowest BCUT2D eigenvalue weighted by atomic mass is 10.1. The molecule has 2 N–H and O–H groups in total. The summed E-state index contributed by atoms with van der Waals surface area (Å²) < 4.78 is 32.6. The topological polar surface area (TPSA) is 84.5 Å². The van der Waals surface area contributed by atoms with Crippen LogP contribution in [0.4, 0.5) is 0 Å². The van der Waals surface area contributed by atoms with Crippen molar-refractivity contribution in [2.75, 3.05) is 13.7 Å². The molecule has 0 heterocycles. The molecule has 0 aliphatic rings. The minimum Gasteiger partial charge on any atom is -0.496 e. The molecule has 0 spiro atoms. The summed E-state index contributed by atoms with van der Waals surface area (Å²) in [4.78, 5) is 11.0. The zero-order valence-corrected chi connectivity index (χ0v) is 15.1. The lowest BCUT2D eigenvalue weighted by Gasteiger charge is -2.10. The fraction of sp³-hybridized carbons (Fsp3) is 0.278. The number of sulfonamides is 1. The number of carbonyl (C=O) groups is 1. The highest BCUT2D eigenvalue weighted by molar-refractivity contribution is 7.89. The largest absolute Gasteiger partial charge is 0.496 e. The average molecular weight is 362 g/mol. The molecule has 1 amide bonds. The van der Waals surface area contributed by atoms with Crippen LogP contribution in [-0.2, 0) is 27.8 Å². The van der Waals surface area contributed by atoms with Crippen LogP contribution in [0.15, 0.2) is 53.4 Å². The van der Waals surface area contributed by atoms with Gasteiger partial charge in [0.15, 0.2) is 0 Å². The Morgan fingerprint density at radius 1 is 1.08 bits per heavy atom. The normalized spacial score (nSPS) is 11.1. The Bertz CT molecular complexity index is 817. The van der Waals surface area contributed by atoms with E-state index in [0.29, 0.717) is 18.7 Å². The van der Waals surface area contributed by atoms with Crippen molar-refractivity contribution in [3.63, 3.8) is 0 Å². The lowest BCUT2D eigenvalue weighted by Crippen LogP contribution is -2.24. The van der Waals surface area contributed by atoms with Crippen molar-refractivity contribution in [2.45, 2.75) is 24.8 Å². The first-order valence-electron chi connectivity index (χ1n) is 7.87. The van der Waals surface area contributed by atoms with Gasteiger partial charge in [-0.05, 0) is 30.2 Å². The molecule has 134 valence electrons. The highest BCUT2D eigenvalue weighted by atomic mass is 32.2. The number of para-hydroxylation sites is 1. The minimum atomic E-state index is -3.61. The number of benzene rings is 2. The summed E-state index contributed by atoms with van der Waals surface area (Å²) in [5, 5.41) is 2.71. The van der Waals surface area contributed by atoms with Crippen LogP contribution in [0, 0.1) is 0 Å². The molecule has 0 aliphatic heterocycles. The molecule has 0 unspecified atom stereocenters. The van der Waals surface area contributed by atoms with Gasteiger partial charge in [-0.15, -0.1) is 0 Å². The van der Waals surface area contributed by atoms with Crippen molar-refractivity contribution < 1.29 is 17.9 Å². The molecule has 25 heavy (non-hydrogen) atoms. The van der Waals surface area contributed by atoms with Crippen LogP contribution in [0.2, 0.25) is 0 Å². The fourth-order valence-corrected chi connectivity index (χ4v) is 3.33. The maximum Gasteiger partial charge on any atom is 0.240 e. The Hall–Kier alpha value is -2.38. The zero-order valence-electron chi connectivity index (χ0n) is 14.3. The van der Waals surface area contributed by atoms with E-state index >= 15 is 0 Å². The molecule has 0 fully saturated rings. The predicted molar refractivity (Wildman–Crippen MR) is 95.8 cm³/mol. The Balaban J connectivity index is 2.00. The third-order valence-electron chi connectivity index (χ3n) is 3.67. The quantitative estimate of drug-likeness (QED) is 0.751. The number of hydrogen-bond acceptors (Lipinski definition) is 4. The molecule has 0 saturated heterocycles. The number of hydrogen-bond donors (Lipinski definition) is 2. The van der Waals surface area contributed by atoms with E-state index in [1.165, 1.54) is 6.92 Å². The molecule has 2 rings (SSSR count). The molecule has 2 aromatic rings. The van der Waals surface area contributed by atoms with Gasteiger partial charge in [0.1, 0.15) is 5.75 Å². The van der Waals surface area contributed by atoms with Crippen LogP contribution in [0.3, 0.4) is 0 Å². The Morgan fingerprint density at radius 2 is 1.76 bits per heavy atom.